The van der Waals surface area contributed by atoms with E-state index in [9.17, 15) is 9.59 Å². The molecule has 0 aromatic carbocycles. The quantitative estimate of drug-likeness (QED) is 0.686. The molecular weight excluding hydrogens is 352 g/mol. The maximum absolute atomic E-state index is 12.7. The molecule has 6 nitrogen and oxygen atoms in total. The van der Waals surface area contributed by atoms with E-state index in [1.807, 2.05) is 18.3 Å². The van der Waals surface area contributed by atoms with E-state index in [0.717, 1.165) is 24.6 Å². The van der Waals surface area contributed by atoms with Crippen molar-refractivity contribution in [1.29, 1.82) is 0 Å². The first-order valence-electron chi connectivity index (χ1n) is 10.5. The Balaban J connectivity index is 1.32. The second-order valence-electron chi connectivity index (χ2n) is 9.12. The van der Waals surface area contributed by atoms with Gasteiger partial charge in [-0.1, -0.05) is 20.3 Å². The number of H-pyrrole nitrogens is 1. The first kappa shape index (κ1) is 19.0. The van der Waals surface area contributed by atoms with Crippen LogP contribution in [0.15, 0.2) is 24.4 Å². The number of rotatable bonds is 7. The fourth-order valence-corrected chi connectivity index (χ4v) is 4.70. The summed E-state index contributed by atoms with van der Waals surface area (Å²) < 4.78 is 0. The highest BCUT2D eigenvalue weighted by Gasteiger charge is 2.50. The molecule has 3 N–H and O–H groups in total. The smallest absolute Gasteiger partial charge is 0.270 e. The number of hydrogen-bond acceptors (Lipinski definition) is 3. The molecule has 4 rings (SSSR count). The molecule has 2 heterocycles. The molecule has 0 bridgehead atoms. The summed E-state index contributed by atoms with van der Waals surface area (Å²) in [6.45, 7) is 4.71. The van der Waals surface area contributed by atoms with Crippen molar-refractivity contribution in [1.82, 2.24) is 20.6 Å². The van der Waals surface area contributed by atoms with Crippen LogP contribution in [0.2, 0.25) is 0 Å². The fraction of sp³-hybridized carbons (Fsp3) is 0.591. The zero-order valence-electron chi connectivity index (χ0n) is 16.8. The third-order valence-corrected chi connectivity index (χ3v) is 6.40. The maximum Gasteiger partial charge on any atom is 0.270 e. The molecule has 1 unspecified atom stereocenters. The van der Waals surface area contributed by atoms with E-state index < -0.39 is 0 Å². The van der Waals surface area contributed by atoms with Gasteiger partial charge in [0.15, 0.2) is 0 Å². The molecule has 2 aliphatic carbocycles. The normalized spacial score (nSPS) is 19.2. The number of amides is 2. The molecule has 1 atom stereocenters. The Morgan fingerprint density at radius 3 is 2.71 bits per heavy atom. The van der Waals surface area contributed by atoms with Crippen molar-refractivity contribution in [2.75, 3.05) is 6.54 Å². The lowest BCUT2D eigenvalue weighted by Gasteiger charge is -2.53. The number of pyridine rings is 1. The monoisotopic (exact) mass is 382 g/mol. The number of nitrogens with zero attached hydrogens (tertiary/aromatic N) is 1. The van der Waals surface area contributed by atoms with Gasteiger partial charge in [0.05, 0.1) is 0 Å². The lowest BCUT2D eigenvalue weighted by Crippen LogP contribution is -2.51. The fourth-order valence-electron chi connectivity index (χ4n) is 4.70. The summed E-state index contributed by atoms with van der Waals surface area (Å²) in [6.07, 6.45) is 8.61. The van der Waals surface area contributed by atoms with E-state index >= 15 is 0 Å². The summed E-state index contributed by atoms with van der Waals surface area (Å²) in [5.41, 5.74) is 1.59. The maximum atomic E-state index is 12.7. The molecular formula is C22H30N4O2. The van der Waals surface area contributed by atoms with Crippen molar-refractivity contribution in [3.05, 3.63) is 30.1 Å². The second-order valence-corrected chi connectivity index (χ2v) is 9.12. The number of fused-ring (bicyclic) bond motifs is 1. The first-order chi connectivity index (χ1) is 13.4. The van der Waals surface area contributed by atoms with Crippen LogP contribution in [0.25, 0.3) is 11.0 Å². The molecule has 2 amide bonds. The number of carbonyl (C=O) groups is 2. The Kier molecular flexibility index (Phi) is 5.13. The molecule has 2 saturated carbocycles. The third-order valence-electron chi connectivity index (χ3n) is 6.40. The van der Waals surface area contributed by atoms with Crippen molar-refractivity contribution in [3.63, 3.8) is 0 Å². The Bertz CT molecular complexity index is 860. The topological polar surface area (TPSA) is 86.9 Å². The summed E-state index contributed by atoms with van der Waals surface area (Å²) in [5.74, 6) is 0.524. The minimum atomic E-state index is -0.200. The van der Waals surface area contributed by atoms with Crippen molar-refractivity contribution in [2.24, 2.45) is 17.3 Å². The minimum Gasteiger partial charge on any atom is -0.354 e. The average molecular weight is 383 g/mol. The van der Waals surface area contributed by atoms with E-state index in [4.69, 9.17) is 0 Å². The predicted molar refractivity (Wildman–Crippen MR) is 109 cm³/mol. The minimum absolute atomic E-state index is 0.102. The molecule has 1 spiro atoms. The van der Waals surface area contributed by atoms with Gasteiger partial charge >= 0.3 is 0 Å². The number of carbonyl (C=O) groups excluding carboxylic acids is 2. The van der Waals surface area contributed by atoms with Gasteiger partial charge in [-0.2, -0.15) is 0 Å². The van der Waals surface area contributed by atoms with Crippen molar-refractivity contribution in [2.45, 2.75) is 58.4 Å². The van der Waals surface area contributed by atoms with Gasteiger partial charge in [-0.15, -0.1) is 0 Å². The van der Waals surface area contributed by atoms with Crippen molar-refractivity contribution in [3.8, 4) is 0 Å². The van der Waals surface area contributed by atoms with Crippen molar-refractivity contribution >= 4 is 22.8 Å². The van der Waals surface area contributed by atoms with Crippen molar-refractivity contribution < 1.29 is 9.59 Å². The van der Waals surface area contributed by atoms with E-state index in [2.05, 4.69) is 34.4 Å². The zero-order chi connectivity index (χ0) is 19.7. The Morgan fingerprint density at radius 1 is 1.25 bits per heavy atom. The highest BCUT2D eigenvalue weighted by molar-refractivity contribution is 5.94. The van der Waals surface area contributed by atoms with Gasteiger partial charge in [0.2, 0.25) is 5.91 Å². The van der Waals surface area contributed by atoms with Crippen LogP contribution in [0.4, 0.5) is 0 Å². The van der Waals surface area contributed by atoms with Crippen LogP contribution in [0, 0.1) is 17.3 Å². The molecule has 2 aliphatic rings. The summed E-state index contributed by atoms with van der Waals surface area (Å²) in [6, 6.07) is 5.45. The van der Waals surface area contributed by atoms with Gasteiger partial charge in [0.25, 0.3) is 5.91 Å². The molecule has 150 valence electrons. The molecule has 2 fully saturated rings. The number of nitrogens with one attached hydrogen (secondary N) is 3. The number of aromatic amines is 1. The Labute approximate surface area is 165 Å². The number of aromatic nitrogens is 2. The van der Waals surface area contributed by atoms with Crippen LogP contribution in [0.3, 0.4) is 0 Å². The van der Waals surface area contributed by atoms with E-state index in [0.29, 0.717) is 29.2 Å². The van der Waals surface area contributed by atoms with E-state index in [1.54, 1.807) is 6.07 Å². The van der Waals surface area contributed by atoms with Crippen LogP contribution in [0.5, 0.6) is 0 Å². The molecule has 0 saturated heterocycles. The predicted octanol–water partition coefficient (Wildman–Crippen LogP) is 3.40. The highest BCUT2D eigenvalue weighted by atomic mass is 16.2. The molecule has 28 heavy (non-hydrogen) atoms. The van der Waals surface area contributed by atoms with Crippen LogP contribution in [-0.4, -0.2) is 34.4 Å². The van der Waals surface area contributed by atoms with E-state index in [-0.39, 0.29) is 23.8 Å². The largest absolute Gasteiger partial charge is 0.354 e. The lowest BCUT2D eigenvalue weighted by atomic mass is 9.51. The SMILES string of the molecule is CC(C)CC(CNC(=O)C1CC2(CCC2)C1)NC(=O)c1ccc2cc[nH]c2n1. The van der Waals surface area contributed by atoms with Gasteiger partial charge < -0.3 is 15.6 Å². The van der Waals surface area contributed by atoms with Crippen LogP contribution >= 0.6 is 0 Å². The average Bonchev–Trinajstić information content (AvgIpc) is 3.04. The van der Waals surface area contributed by atoms with Gasteiger partial charge in [-0.25, -0.2) is 4.98 Å². The van der Waals surface area contributed by atoms with Gasteiger partial charge in [-0.05, 0) is 61.6 Å². The molecule has 0 radical (unpaired) electrons. The second kappa shape index (κ2) is 7.57. The standard InChI is InChI=1S/C22H30N4O2/c1-14(2)10-17(13-24-20(27)16-11-22(12-16)7-3-8-22)25-21(28)18-5-4-15-6-9-23-19(15)26-18/h4-6,9,14,16-17H,3,7-8,10-13H2,1-2H3,(H,23,26)(H,24,27)(H,25,28). The zero-order valence-corrected chi connectivity index (χ0v) is 16.8. The van der Waals surface area contributed by atoms with Crippen LogP contribution in [0.1, 0.15) is 62.9 Å². The van der Waals surface area contributed by atoms with Gasteiger partial charge in [0.1, 0.15) is 11.3 Å². The lowest BCUT2D eigenvalue weighted by molar-refractivity contribution is -0.136. The van der Waals surface area contributed by atoms with Crippen LogP contribution < -0.4 is 10.6 Å². The van der Waals surface area contributed by atoms with Gasteiger partial charge in [0, 0.05) is 30.1 Å². The Hall–Kier alpha value is -2.37. The molecule has 2 aromatic rings. The molecule has 6 heteroatoms. The van der Waals surface area contributed by atoms with Crippen LogP contribution in [-0.2, 0) is 4.79 Å². The number of hydrogen-bond donors (Lipinski definition) is 3. The highest BCUT2D eigenvalue weighted by Crippen LogP contribution is 2.58. The summed E-state index contributed by atoms with van der Waals surface area (Å²) in [4.78, 5) is 32.6. The third kappa shape index (κ3) is 3.91. The summed E-state index contributed by atoms with van der Waals surface area (Å²) in [5, 5.41) is 7.12. The summed E-state index contributed by atoms with van der Waals surface area (Å²) >= 11 is 0. The molecule has 2 aromatic heterocycles. The van der Waals surface area contributed by atoms with Gasteiger partial charge in [-0.3, -0.25) is 9.59 Å². The first-order valence-corrected chi connectivity index (χ1v) is 10.5. The Morgan fingerprint density at radius 2 is 2.04 bits per heavy atom. The summed E-state index contributed by atoms with van der Waals surface area (Å²) in [7, 11) is 0. The van der Waals surface area contributed by atoms with E-state index in [1.165, 1.54) is 19.3 Å². The molecule has 0 aliphatic heterocycles.